The second kappa shape index (κ2) is 3.81. The Morgan fingerprint density at radius 2 is 1.05 bits per heavy atom. The summed E-state index contributed by atoms with van der Waals surface area (Å²) in [6.07, 6.45) is 0. The Balaban J connectivity index is 2.09. The van der Waals surface area contributed by atoms with Crippen LogP contribution < -0.4 is 0 Å². The zero-order chi connectivity index (χ0) is 13.1. The monoisotopic (exact) mass is 290 g/mol. The van der Waals surface area contributed by atoms with Crippen molar-refractivity contribution in [1.82, 2.24) is 0 Å². The number of benzene rings is 3. The molecular formula is C18H10S2. The van der Waals surface area contributed by atoms with Gasteiger partial charge in [0.05, 0.1) is 0 Å². The summed E-state index contributed by atoms with van der Waals surface area (Å²) in [6.45, 7) is 0. The topological polar surface area (TPSA) is 0 Å². The average Bonchev–Trinajstić information content (AvgIpc) is 3.13. The van der Waals surface area contributed by atoms with Gasteiger partial charge >= 0.3 is 0 Å². The molecule has 94 valence electrons. The van der Waals surface area contributed by atoms with Gasteiger partial charge in [-0.05, 0) is 68.7 Å². The molecule has 0 saturated heterocycles. The van der Waals surface area contributed by atoms with Crippen molar-refractivity contribution in [2.24, 2.45) is 0 Å². The highest BCUT2D eigenvalue weighted by Gasteiger charge is 2.06. The number of hydrogen-bond donors (Lipinski definition) is 0. The van der Waals surface area contributed by atoms with Crippen LogP contribution in [0, 0.1) is 0 Å². The van der Waals surface area contributed by atoms with Crippen molar-refractivity contribution in [3.63, 3.8) is 0 Å². The number of hydrogen-bond acceptors (Lipinski definition) is 2. The van der Waals surface area contributed by atoms with Crippen molar-refractivity contribution < 1.29 is 0 Å². The summed E-state index contributed by atoms with van der Waals surface area (Å²) in [4.78, 5) is 0. The van der Waals surface area contributed by atoms with E-state index in [2.05, 4.69) is 59.3 Å². The molecule has 0 saturated carbocycles. The van der Waals surface area contributed by atoms with Gasteiger partial charge in [0.2, 0.25) is 0 Å². The maximum Gasteiger partial charge on any atom is 0.0349 e. The largest absolute Gasteiger partial charge is 0.144 e. The molecule has 0 spiro atoms. The van der Waals surface area contributed by atoms with Crippen LogP contribution in [-0.4, -0.2) is 0 Å². The van der Waals surface area contributed by atoms with Crippen LogP contribution in [0.5, 0.6) is 0 Å². The molecule has 0 N–H and O–H groups in total. The summed E-state index contributed by atoms with van der Waals surface area (Å²) in [5.41, 5.74) is 0. The summed E-state index contributed by atoms with van der Waals surface area (Å²) >= 11 is 3.63. The van der Waals surface area contributed by atoms with E-state index in [-0.39, 0.29) is 0 Å². The lowest BCUT2D eigenvalue weighted by molar-refractivity contribution is 1.89. The Morgan fingerprint density at radius 3 is 1.60 bits per heavy atom. The molecule has 2 heteroatoms. The molecule has 0 aliphatic rings. The van der Waals surface area contributed by atoms with Gasteiger partial charge in [-0.1, -0.05) is 12.1 Å². The van der Waals surface area contributed by atoms with Crippen LogP contribution in [0.4, 0.5) is 0 Å². The molecule has 0 radical (unpaired) electrons. The number of thiophene rings is 2. The minimum Gasteiger partial charge on any atom is -0.144 e. The van der Waals surface area contributed by atoms with E-state index in [1.54, 1.807) is 0 Å². The maximum atomic E-state index is 2.37. The summed E-state index contributed by atoms with van der Waals surface area (Å²) in [7, 11) is 0. The van der Waals surface area contributed by atoms with Crippen molar-refractivity contribution in [3.05, 3.63) is 59.3 Å². The van der Waals surface area contributed by atoms with Gasteiger partial charge in [-0.25, -0.2) is 0 Å². The molecular weight excluding hydrogens is 280 g/mol. The lowest BCUT2D eigenvalue weighted by Gasteiger charge is -2.05. The number of fused-ring (bicyclic) bond motifs is 6. The predicted octanol–water partition coefficient (Wildman–Crippen LogP) is 6.42. The molecule has 0 nitrogen and oxygen atoms in total. The first-order chi connectivity index (χ1) is 9.90. The van der Waals surface area contributed by atoms with Gasteiger partial charge in [0.25, 0.3) is 0 Å². The SMILES string of the molecule is c1cc2c(ccc3cc4ccc5sccc5c4cc32)s1. The van der Waals surface area contributed by atoms with E-state index in [1.165, 1.54) is 41.7 Å². The summed E-state index contributed by atoms with van der Waals surface area (Å²) in [5, 5.41) is 12.5. The smallest absolute Gasteiger partial charge is 0.0349 e. The highest BCUT2D eigenvalue weighted by molar-refractivity contribution is 7.17. The Bertz CT molecular complexity index is 1010. The Hall–Kier alpha value is -1.90. The molecule has 2 heterocycles. The van der Waals surface area contributed by atoms with Gasteiger partial charge in [0.15, 0.2) is 0 Å². The molecule has 0 bridgehead atoms. The molecule has 0 aliphatic carbocycles. The first-order valence-corrected chi connectivity index (χ1v) is 8.36. The molecule has 0 atom stereocenters. The molecule has 0 fully saturated rings. The van der Waals surface area contributed by atoms with Crippen molar-refractivity contribution in [3.8, 4) is 0 Å². The van der Waals surface area contributed by atoms with E-state index >= 15 is 0 Å². The van der Waals surface area contributed by atoms with Gasteiger partial charge in [0, 0.05) is 20.2 Å². The van der Waals surface area contributed by atoms with Gasteiger partial charge in [0.1, 0.15) is 0 Å². The van der Waals surface area contributed by atoms with E-state index in [1.807, 2.05) is 22.7 Å². The van der Waals surface area contributed by atoms with Gasteiger partial charge in [-0.3, -0.25) is 0 Å². The van der Waals surface area contributed by atoms with Crippen molar-refractivity contribution in [2.75, 3.05) is 0 Å². The number of rotatable bonds is 0. The Morgan fingerprint density at radius 1 is 0.500 bits per heavy atom. The molecule has 0 amide bonds. The highest BCUT2D eigenvalue weighted by Crippen LogP contribution is 2.35. The van der Waals surface area contributed by atoms with Crippen molar-refractivity contribution in [1.29, 1.82) is 0 Å². The predicted molar refractivity (Wildman–Crippen MR) is 92.2 cm³/mol. The molecule has 0 unspecified atom stereocenters. The summed E-state index contributed by atoms with van der Waals surface area (Å²) in [6, 6.07) is 18.1. The third-order valence-corrected chi connectivity index (χ3v) is 5.79. The van der Waals surface area contributed by atoms with Gasteiger partial charge in [-0.2, -0.15) is 0 Å². The first-order valence-electron chi connectivity index (χ1n) is 6.60. The summed E-state index contributed by atoms with van der Waals surface area (Å²) < 4.78 is 2.74. The fraction of sp³-hybridized carbons (Fsp3) is 0. The molecule has 5 aromatic rings. The van der Waals surface area contributed by atoms with Gasteiger partial charge < -0.3 is 0 Å². The minimum atomic E-state index is 1.33. The Labute approximate surface area is 123 Å². The van der Waals surface area contributed by atoms with Crippen LogP contribution >= 0.6 is 22.7 Å². The third-order valence-electron chi connectivity index (χ3n) is 4.02. The minimum absolute atomic E-state index is 1.33. The zero-order valence-electron chi connectivity index (χ0n) is 10.6. The molecule has 0 aliphatic heterocycles. The van der Waals surface area contributed by atoms with Crippen LogP contribution in [0.3, 0.4) is 0 Å². The zero-order valence-corrected chi connectivity index (χ0v) is 12.2. The molecule has 20 heavy (non-hydrogen) atoms. The lowest BCUT2D eigenvalue weighted by Crippen LogP contribution is -1.78. The van der Waals surface area contributed by atoms with E-state index in [4.69, 9.17) is 0 Å². The standard InChI is InChI=1S/C18H10S2/c1-3-17-13(5-7-19-17)15-10-16-12(9-11(1)15)2-4-18-14(16)6-8-20-18/h1-10H. The fourth-order valence-corrected chi connectivity index (χ4v) is 4.66. The first kappa shape index (κ1) is 10.8. The van der Waals surface area contributed by atoms with Crippen LogP contribution in [0.2, 0.25) is 0 Å². The lowest BCUT2D eigenvalue weighted by atomic mass is 9.99. The van der Waals surface area contributed by atoms with Crippen molar-refractivity contribution >= 4 is 64.4 Å². The molecule has 5 rings (SSSR count). The fourth-order valence-electron chi connectivity index (χ4n) is 3.05. The van der Waals surface area contributed by atoms with Crippen LogP contribution in [0.1, 0.15) is 0 Å². The van der Waals surface area contributed by atoms with E-state index in [0.29, 0.717) is 0 Å². The average molecular weight is 290 g/mol. The summed E-state index contributed by atoms with van der Waals surface area (Å²) in [5.74, 6) is 0. The Kier molecular flexibility index (Phi) is 2.07. The second-order valence-electron chi connectivity index (χ2n) is 5.09. The second-order valence-corrected chi connectivity index (χ2v) is 6.99. The van der Waals surface area contributed by atoms with Crippen LogP contribution in [0.25, 0.3) is 41.7 Å². The third kappa shape index (κ3) is 1.35. The highest BCUT2D eigenvalue weighted by atomic mass is 32.1. The van der Waals surface area contributed by atoms with Gasteiger partial charge in [-0.15, -0.1) is 22.7 Å². The van der Waals surface area contributed by atoms with E-state index in [9.17, 15) is 0 Å². The van der Waals surface area contributed by atoms with Crippen LogP contribution in [-0.2, 0) is 0 Å². The molecule has 3 aromatic carbocycles. The van der Waals surface area contributed by atoms with E-state index in [0.717, 1.165) is 0 Å². The van der Waals surface area contributed by atoms with Crippen molar-refractivity contribution in [2.45, 2.75) is 0 Å². The normalized spacial score (nSPS) is 12.0. The quantitative estimate of drug-likeness (QED) is 0.289. The maximum absolute atomic E-state index is 2.37. The molecule has 2 aromatic heterocycles. The van der Waals surface area contributed by atoms with E-state index < -0.39 is 0 Å². The van der Waals surface area contributed by atoms with Crippen LogP contribution in [0.15, 0.2) is 59.3 Å².